The van der Waals surface area contributed by atoms with Crippen LogP contribution in [0.15, 0.2) is 24.3 Å². The highest BCUT2D eigenvalue weighted by Gasteiger charge is 2.25. The number of fused-ring (bicyclic) bond motifs is 1. The zero-order valence-corrected chi connectivity index (χ0v) is 14.2. The van der Waals surface area contributed by atoms with Crippen molar-refractivity contribution in [2.24, 2.45) is 0 Å². The predicted molar refractivity (Wildman–Crippen MR) is 90.9 cm³/mol. The molecule has 0 amide bonds. The van der Waals surface area contributed by atoms with Crippen molar-refractivity contribution in [1.29, 1.82) is 0 Å². The molecule has 0 N–H and O–H groups in total. The summed E-state index contributed by atoms with van der Waals surface area (Å²) in [6, 6.07) is 6.62. The van der Waals surface area contributed by atoms with Crippen molar-refractivity contribution >= 4 is 0 Å². The molecule has 0 radical (unpaired) electrons. The Hall–Kier alpha value is -1.72. The van der Waals surface area contributed by atoms with E-state index in [2.05, 4.69) is 11.9 Å². The average Bonchev–Trinajstić information content (AvgIpc) is 3.28. The summed E-state index contributed by atoms with van der Waals surface area (Å²) in [7, 11) is 2.14. The van der Waals surface area contributed by atoms with E-state index >= 15 is 0 Å². The predicted octanol–water partition coefficient (Wildman–Crippen LogP) is 3.11. The van der Waals surface area contributed by atoms with Gasteiger partial charge in [0.15, 0.2) is 0 Å². The van der Waals surface area contributed by atoms with Gasteiger partial charge in [-0.3, -0.25) is 4.90 Å². The Morgan fingerprint density at radius 3 is 2.83 bits per heavy atom. The normalized spacial score (nSPS) is 20.0. The summed E-state index contributed by atoms with van der Waals surface area (Å²) >= 11 is 0. The number of nitrogens with zero attached hydrogens (tertiary/aromatic N) is 3. The Balaban J connectivity index is 1.55. The van der Waals surface area contributed by atoms with Gasteiger partial charge in [0.1, 0.15) is 5.82 Å². The van der Waals surface area contributed by atoms with Crippen molar-refractivity contribution in [3.63, 3.8) is 0 Å². The van der Waals surface area contributed by atoms with E-state index in [1.165, 1.54) is 36.2 Å². The van der Waals surface area contributed by atoms with Gasteiger partial charge in [-0.25, -0.2) is 9.07 Å². The highest BCUT2D eigenvalue weighted by atomic mass is 19.1. The molecule has 1 unspecified atom stereocenters. The molecule has 4 rings (SSSR count). The molecule has 1 atom stereocenters. The standard InChI is InChI=1S/C19H24FN3O/c1-22(12-16-4-3-11-24-16)13-18-17-5-2-6-19(17)23(21-18)15-9-7-14(20)8-10-15/h7-10,16H,2-6,11-13H2,1H3. The Morgan fingerprint density at radius 1 is 1.25 bits per heavy atom. The van der Waals surface area contributed by atoms with Crippen LogP contribution in [0.4, 0.5) is 4.39 Å². The topological polar surface area (TPSA) is 30.3 Å². The van der Waals surface area contributed by atoms with E-state index in [0.29, 0.717) is 6.10 Å². The first-order valence-corrected chi connectivity index (χ1v) is 8.86. The Labute approximate surface area is 142 Å². The van der Waals surface area contributed by atoms with Crippen molar-refractivity contribution in [2.75, 3.05) is 20.2 Å². The van der Waals surface area contributed by atoms with Gasteiger partial charge in [-0.2, -0.15) is 5.10 Å². The minimum atomic E-state index is -0.209. The number of ether oxygens (including phenoxy) is 1. The third-order valence-corrected chi connectivity index (χ3v) is 5.04. The van der Waals surface area contributed by atoms with Gasteiger partial charge in [-0.1, -0.05) is 0 Å². The lowest BCUT2D eigenvalue weighted by atomic mass is 10.2. The quantitative estimate of drug-likeness (QED) is 0.844. The molecule has 1 aliphatic heterocycles. The molecule has 2 heterocycles. The Kier molecular flexibility index (Phi) is 4.37. The molecule has 0 bridgehead atoms. The minimum Gasteiger partial charge on any atom is -0.377 e. The molecule has 1 saturated heterocycles. The molecule has 5 heteroatoms. The maximum atomic E-state index is 13.2. The lowest BCUT2D eigenvalue weighted by Crippen LogP contribution is -2.28. The summed E-state index contributed by atoms with van der Waals surface area (Å²) in [6.07, 6.45) is 6.02. The Morgan fingerprint density at radius 2 is 2.08 bits per heavy atom. The third kappa shape index (κ3) is 3.10. The van der Waals surface area contributed by atoms with Crippen LogP contribution in [0.1, 0.15) is 36.2 Å². The summed E-state index contributed by atoms with van der Waals surface area (Å²) in [4.78, 5) is 2.31. The summed E-state index contributed by atoms with van der Waals surface area (Å²) in [5, 5.41) is 4.86. The highest BCUT2D eigenvalue weighted by molar-refractivity contribution is 5.40. The SMILES string of the molecule is CN(Cc1nn(-c2ccc(F)cc2)c2c1CCC2)CC1CCCO1. The first-order valence-electron chi connectivity index (χ1n) is 8.86. The van der Waals surface area contributed by atoms with Crippen LogP contribution in [0.3, 0.4) is 0 Å². The van der Waals surface area contributed by atoms with E-state index in [-0.39, 0.29) is 5.82 Å². The molecular weight excluding hydrogens is 305 g/mol. The number of hydrogen-bond donors (Lipinski definition) is 0. The molecule has 0 saturated carbocycles. The molecule has 1 aromatic heterocycles. The van der Waals surface area contributed by atoms with Crippen LogP contribution in [-0.2, 0) is 24.1 Å². The van der Waals surface area contributed by atoms with Crippen LogP contribution in [0.2, 0.25) is 0 Å². The molecule has 4 nitrogen and oxygen atoms in total. The third-order valence-electron chi connectivity index (χ3n) is 5.04. The zero-order valence-electron chi connectivity index (χ0n) is 14.2. The van der Waals surface area contributed by atoms with Gasteiger partial charge in [0, 0.05) is 25.4 Å². The average molecular weight is 329 g/mol. The number of likely N-dealkylation sites (N-methyl/N-ethyl adjacent to an activating group) is 1. The van der Waals surface area contributed by atoms with E-state index in [1.807, 2.05) is 4.68 Å². The molecule has 0 spiro atoms. The molecular formula is C19H24FN3O. The van der Waals surface area contributed by atoms with Crippen molar-refractivity contribution in [2.45, 2.75) is 44.8 Å². The summed E-state index contributed by atoms with van der Waals surface area (Å²) in [5.74, 6) is -0.209. The van der Waals surface area contributed by atoms with Crippen molar-refractivity contribution in [3.05, 3.63) is 47.0 Å². The van der Waals surface area contributed by atoms with Gasteiger partial charge < -0.3 is 4.74 Å². The molecule has 1 aliphatic carbocycles. The van der Waals surface area contributed by atoms with Gasteiger partial charge in [0.25, 0.3) is 0 Å². The summed E-state index contributed by atoms with van der Waals surface area (Å²) < 4.78 is 20.9. The summed E-state index contributed by atoms with van der Waals surface area (Å²) in [6.45, 7) is 2.70. The van der Waals surface area contributed by atoms with E-state index in [9.17, 15) is 4.39 Å². The van der Waals surface area contributed by atoms with Gasteiger partial charge >= 0.3 is 0 Å². The van der Waals surface area contributed by atoms with Gasteiger partial charge in [-0.05, 0) is 69.0 Å². The molecule has 2 aromatic rings. The van der Waals surface area contributed by atoms with Gasteiger partial charge in [-0.15, -0.1) is 0 Å². The maximum absolute atomic E-state index is 13.2. The van der Waals surface area contributed by atoms with Crippen molar-refractivity contribution < 1.29 is 9.13 Å². The van der Waals surface area contributed by atoms with E-state index < -0.39 is 0 Å². The van der Waals surface area contributed by atoms with Crippen LogP contribution in [0, 0.1) is 5.82 Å². The van der Waals surface area contributed by atoms with Crippen LogP contribution < -0.4 is 0 Å². The first-order chi connectivity index (χ1) is 11.7. The fraction of sp³-hybridized carbons (Fsp3) is 0.526. The lowest BCUT2D eigenvalue weighted by molar-refractivity contribution is 0.0789. The molecule has 1 aromatic carbocycles. The monoisotopic (exact) mass is 329 g/mol. The second kappa shape index (κ2) is 6.65. The van der Waals surface area contributed by atoms with Crippen LogP contribution in [0.25, 0.3) is 5.69 Å². The largest absolute Gasteiger partial charge is 0.377 e. The van der Waals surface area contributed by atoms with E-state index in [4.69, 9.17) is 9.84 Å². The Bertz CT molecular complexity index is 704. The van der Waals surface area contributed by atoms with Crippen LogP contribution >= 0.6 is 0 Å². The van der Waals surface area contributed by atoms with Crippen LogP contribution in [0.5, 0.6) is 0 Å². The fourth-order valence-electron chi connectivity index (χ4n) is 3.89. The number of aromatic nitrogens is 2. The molecule has 1 fully saturated rings. The number of rotatable bonds is 5. The fourth-order valence-corrected chi connectivity index (χ4v) is 3.89. The number of hydrogen-bond acceptors (Lipinski definition) is 3. The van der Waals surface area contributed by atoms with Crippen molar-refractivity contribution in [1.82, 2.24) is 14.7 Å². The summed E-state index contributed by atoms with van der Waals surface area (Å²) in [5.41, 5.74) is 4.79. The second-order valence-electron chi connectivity index (χ2n) is 6.95. The molecule has 128 valence electrons. The molecule has 24 heavy (non-hydrogen) atoms. The van der Waals surface area contributed by atoms with E-state index in [0.717, 1.165) is 50.3 Å². The number of benzene rings is 1. The zero-order chi connectivity index (χ0) is 16.5. The first kappa shape index (κ1) is 15.8. The van der Waals surface area contributed by atoms with Gasteiger partial charge in [0.2, 0.25) is 0 Å². The lowest BCUT2D eigenvalue weighted by Gasteiger charge is -2.19. The van der Waals surface area contributed by atoms with Crippen molar-refractivity contribution in [3.8, 4) is 5.69 Å². The maximum Gasteiger partial charge on any atom is 0.123 e. The van der Waals surface area contributed by atoms with E-state index in [1.54, 1.807) is 12.1 Å². The highest BCUT2D eigenvalue weighted by Crippen LogP contribution is 2.28. The minimum absolute atomic E-state index is 0.209. The van der Waals surface area contributed by atoms with Gasteiger partial charge in [0.05, 0.1) is 17.5 Å². The second-order valence-corrected chi connectivity index (χ2v) is 6.95. The van der Waals surface area contributed by atoms with Crippen LogP contribution in [-0.4, -0.2) is 41.0 Å². The number of halogens is 1. The molecule has 2 aliphatic rings. The smallest absolute Gasteiger partial charge is 0.123 e.